The lowest BCUT2D eigenvalue weighted by Gasteiger charge is -2.10. The van der Waals surface area contributed by atoms with Crippen LogP contribution >= 0.6 is 0 Å². The van der Waals surface area contributed by atoms with Gasteiger partial charge in [0.05, 0.1) is 11.1 Å². The second kappa shape index (κ2) is 8.07. The quantitative estimate of drug-likeness (QED) is 0.471. The van der Waals surface area contributed by atoms with E-state index < -0.39 is 18.5 Å². The zero-order chi connectivity index (χ0) is 22.1. The average molecular weight is 430 g/mol. The van der Waals surface area contributed by atoms with Crippen LogP contribution in [0.5, 0.6) is 11.5 Å². The highest BCUT2D eigenvalue weighted by Gasteiger charge is 2.18. The Labute approximate surface area is 182 Å². The van der Waals surface area contributed by atoms with E-state index in [1.165, 1.54) is 0 Å². The molecule has 0 atom stereocenters. The van der Waals surface area contributed by atoms with Gasteiger partial charge in [-0.2, -0.15) is 0 Å². The summed E-state index contributed by atoms with van der Waals surface area (Å²) in [6, 6.07) is 17.5. The van der Waals surface area contributed by atoms with Crippen LogP contribution in [0.4, 0.5) is 5.69 Å². The number of benzene rings is 2. The topological polar surface area (TPSA) is 99.9 Å². The molecule has 0 bridgehead atoms. The Kier molecular flexibility index (Phi) is 4.95. The number of pyridine rings is 1. The number of aryl methyl sites for hydroxylation is 1. The minimum absolute atomic E-state index is 0.143. The molecule has 32 heavy (non-hydrogen) atoms. The lowest BCUT2D eigenvalue weighted by atomic mass is 10.1. The number of carbonyl (C=O) groups is 2. The van der Waals surface area contributed by atoms with Gasteiger partial charge in [-0.25, -0.2) is 9.78 Å². The Bertz CT molecular complexity index is 1340. The van der Waals surface area contributed by atoms with E-state index in [9.17, 15) is 9.59 Å². The number of esters is 1. The number of hydrogen-bond donors (Lipinski definition) is 1. The third-order valence-corrected chi connectivity index (χ3v) is 4.92. The van der Waals surface area contributed by atoms with E-state index in [1.807, 2.05) is 25.1 Å². The molecule has 8 heteroatoms. The van der Waals surface area contributed by atoms with Gasteiger partial charge < -0.3 is 23.9 Å². The molecule has 0 aliphatic carbocycles. The Morgan fingerprint density at radius 3 is 2.72 bits per heavy atom. The fourth-order valence-corrected chi connectivity index (χ4v) is 3.42. The zero-order valence-corrected chi connectivity index (χ0v) is 17.1. The van der Waals surface area contributed by atoms with E-state index in [0.717, 1.165) is 5.76 Å². The summed E-state index contributed by atoms with van der Waals surface area (Å²) in [5.41, 5.74) is 1.94. The van der Waals surface area contributed by atoms with E-state index in [4.69, 9.17) is 18.6 Å². The highest BCUT2D eigenvalue weighted by atomic mass is 16.7. The molecule has 0 saturated heterocycles. The predicted molar refractivity (Wildman–Crippen MR) is 116 cm³/mol. The van der Waals surface area contributed by atoms with Crippen molar-refractivity contribution in [1.29, 1.82) is 0 Å². The van der Waals surface area contributed by atoms with Gasteiger partial charge >= 0.3 is 5.97 Å². The first-order valence-electron chi connectivity index (χ1n) is 9.90. The molecule has 3 heterocycles. The molecule has 0 saturated carbocycles. The zero-order valence-electron chi connectivity index (χ0n) is 17.1. The molecule has 1 aliphatic heterocycles. The van der Waals surface area contributed by atoms with Crippen molar-refractivity contribution in [1.82, 2.24) is 4.98 Å². The molecule has 0 fully saturated rings. The van der Waals surface area contributed by atoms with Gasteiger partial charge in [-0.05, 0) is 43.3 Å². The normalized spacial score (nSPS) is 12.0. The van der Waals surface area contributed by atoms with E-state index >= 15 is 0 Å². The summed E-state index contributed by atoms with van der Waals surface area (Å²) >= 11 is 0. The number of nitrogens with zero attached hydrogens (tertiary/aromatic N) is 1. The lowest BCUT2D eigenvalue weighted by Crippen LogP contribution is -2.21. The summed E-state index contributed by atoms with van der Waals surface area (Å²) in [5, 5.41) is 3.30. The van der Waals surface area contributed by atoms with Gasteiger partial charge in [0.2, 0.25) is 6.79 Å². The molecule has 5 rings (SSSR count). The van der Waals surface area contributed by atoms with Crippen LogP contribution in [0.3, 0.4) is 0 Å². The van der Waals surface area contributed by atoms with Crippen molar-refractivity contribution in [3.63, 3.8) is 0 Å². The number of anilines is 1. The molecule has 1 aliphatic rings. The fourth-order valence-electron chi connectivity index (χ4n) is 3.42. The highest BCUT2D eigenvalue weighted by molar-refractivity contribution is 6.05. The molecule has 2 aromatic carbocycles. The smallest absolute Gasteiger partial charge is 0.339 e. The van der Waals surface area contributed by atoms with E-state index in [1.54, 1.807) is 42.5 Å². The summed E-state index contributed by atoms with van der Waals surface area (Å²) in [4.78, 5) is 29.8. The molecule has 160 valence electrons. The number of amides is 1. The first kappa shape index (κ1) is 19.6. The van der Waals surface area contributed by atoms with E-state index in [-0.39, 0.29) is 6.79 Å². The van der Waals surface area contributed by atoms with Crippen LogP contribution in [0.2, 0.25) is 0 Å². The SMILES string of the molecule is Cc1ccc(-c2cc(C(=O)OCC(=O)Nc3ccc4c(c3)OCO4)c3ccccc3n2)o1. The molecule has 1 N–H and O–H groups in total. The molecule has 1 amide bonds. The first-order valence-corrected chi connectivity index (χ1v) is 9.90. The van der Waals surface area contributed by atoms with Crippen LogP contribution in [-0.2, 0) is 9.53 Å². The maximum atomic E-state index is 12.9. The fraction of sp³-hybridized carbons (Fsp3) is 0.125. The Hall–Kier alpha value is -4.33. The summed E-state index contributed by atoms with van der Waals surface area (Å²) in [7, 11) is 0. The van der Waals surface area contributed by atoms with Crippen LogP contribution < -0.4 is 14.8 Å². The number of rotatable bonds is 5. The van der Waals surface area contributed by atoms with Gasteiger partial charge in [0.25, 0.3) is 5.91 Å². The largest absolute Gasteiger partial charge is 0.460 e. The molecule has 0 radical (unpaired) electrons. The molecule has 4 aromatic rings. The lowest BCUT2D eigenvalue weighted by molar-refractivity contribution is -0.119. The van der Waals surface area contributed by atoms with Crippen molar-refractivity contribution in [3.8, 4) is 23.0 Å². The minimum atomic E-state index is -0.631. The molecular formula is C24H18N2O6. The number of hydrogen-bond acceptors (Lipinski definition) is 7. The number of carbonyl (C=O) groups excluding carboxylic acids is 2. The third kappa shape index (κ3) is 3.85. The first-order chi connectivity index (χ1) is 15.6. The van der Waals surface area contributed by atoms with Gasteiger partial charge in [0.15, 0.2) is 23.9 Å². The maximum absolute atomic E-state index is 12.9. The molecule has 0 unspecified atom stereocenters. The number of fused-ring (bicyclic) bond motifs is 2. The molecule has 2 aromatic heterocycles. The summed E-state index contributed by atoms with van der Waals surface area (Å²) in [5.74, 6) is 1.33. The molecule has 0 spiro atoms. The van der Waals surface area contributed by atoms with Crippen molar-refractivity contribution in [3.05, 3.63) is 72.0 Å². The second-order valence-electron chi connectivity index (χ2n) is 7.17. The monoisotopic (exact) mass is 430 g/mol. The van der Waals surface area contributed by atoms with Crippen LogP contribution in [0, 0.1) is 6.92 Å². The number of nitrogens with one attached hydrogen (secondary N) is 1. The average Bonchev–Trinajstić information content (AvgIpc) is 3.45. The van der Waals surface area contributed by atoms with Crippen molar-refractivity contribution in [2.45, 2.75) is 6.92 Å². The minimum Gasteiger partial charge on any atom is -0.460 e. The summed E-state index contributed by atoms with van der Waals surface area (Å²) < 4.78 is 21.5. The third-order valence-electron chi connectivity index (χ3n) is 4.92. The predicted octanol–water partition coefficient (Wildman–Crippen LogP) is 4.33. The van der Waals surface area contributed by atoms with Crippen molar-refractivity contribution in [2.24, 2.45) is 0 Å². The summed E-state index contributed by atoms with van der Waals surface area (Å²) in [6.07, 6.45) is 0. The van der Waals surface area contributed by atoms with Crippen LogP contribution in [-0.4, -0.2) is 30.3 Å². The number of para-hydroxylation sites is 1. The van der Waals surface area contributed by atoms with Crippen LogP contribution in [0.25, 0.3) is 22.4 Å². The summed E-state index contributed by atoms with van der Waals surface area (Å²) in [6.45, 7) is 1.53. The van der Waals surface area contributed by atoms with Gasteiger partial charge in [-0.1, -0.05) is 18.2 Å². The standard InChI is InChI=1S/C24H18N2O6/c1-14-6-8-20(32-14)19-11-17(16-4-2-3-5-18(16)26-19)24(28)29-12-23(27)25-15-7-9-21-22(10-15)31-13-30-21/h2-11H,12-13H2,1H3,(H,25,27). The Morgan fingerprint density at radius 1 is 1.03 bits per heavy atom. The highest BCUT2D eigenvalue weighted by Crippen LogP contribution is 2.34. The molecular weight excluding hydrogens is 412 g/mol. The Balaban J connectivity index is 1.33. The van der Waals surface area contributed by atoms with Crippen LogP contribution in [0.1, 0.15) is 16.1 Å². The van der Waals surface area contributed by atoms with Crippen molar-refractivity contribution in [2.75, 3.05) is 18.7 Å². The van der Waals surface area contributed by atoms with Crippen molar-refractivity contribution >= 4 is 28.5 Å². The van der Waals surface area contributed by atoms with Crippen LogP contribution in [0.15, 0.2) is 65.1 Å². The second-order valence-corrected chi connectivity index (χ2v) is 7.17. The van der Waals surface area contributed by atoms with Crippen molar-refractivity contribution < 1.29 is 28.2 Å². The van der Waals surface area contributed by atoms with E-state index in [2.05, 4.69) is 10.3 Å². The molecule has 8 nitrogen and oxygen atoms in total. The number of ether oxygens (including phenoxy) is 3. The van der Waals surface area contributed by atoms with E-state index in [0.29, 0.717) is 45.1 Å². The number of furan rings is 1. The van der Waals surface area contributed by atoms with Gasteiger partial charge in [0.1, 0.15) is 11.5 Å². The van der Waals surface area contributed by atoms with Gasteiger partial charge in [0, 0.05) is 17.1 Å². The van der Waals surface area contributed by atoms with Gasteiger partial charge in [-0.3, -0.25) is 4.79 Å². The number of aromatic nitrogens is 1. The van der Waals surface area contributed by atoms with Gasteiger partial charge in [-0.15, -0.1) is 0 Å². The Morgan fingerprint density at radius 2 is 1.88 bits per heavy atom. The maximum Gasteiger partial charge on any atom is 0.339 e.